The van der Waals surface area contributed by atoms with Crippen LogP contribution in [0.2, 0.25) is 0 Å². The van der Waals surface area contributed by atoms with Crippen LogP contribution in [0.25, 0.3) is 0 Å². The van der Waals surface area contributed by atoms with Crippen molar-refractivity contribution in [3.63, 3.8) is 0 Å². The zero-order valence-electron chi connectivity index (χ0n) is 10.3. The van der Waals surface area contributed by atoms with Gasteiger partial charge >= 0.3 is 0 Å². The van der Waals surface area contributed by atoms with Crippen molar-refractivity contribution in [1.29, 1.82) is 0 Å². The third-order valence-corrected chi connectivity index (χ3v) is 2.98. The molecule has 0 radical (unpaired) electrons. The van der Waals surface area contributed by atoms with Gasteiger partial charge in [0, 0.05) is 25.3 Å². The summed E-state index contributed by atoms with van der Waals surface area (Å²) in [4.78, 5) is 2.37. The standard InChI is InChI=1S/C13H24N2/c1-11-6-8-13(9-7-11)15(3)10-4-5-12(2)14/h6,8,12H,4-5,7,9-10,14H2,1-3H3. The van der Waals surface area contributed by atoms with Crippen LogP contribution in [0.5, 0.6) is 0 Å². The lowest BCUT2D eigenvalue weighted by Gasteiger charge is -2.25. The van der Waals surface area contributed by atoms with E-state index in [1.165, 1.54) is 30.5 Å². The summed E-state index contributed by atoms with van der Waals surface area (Å²) in [5.74, 6) is 0. The molecule has 0 fully saturated rings. The number of rotatable bonds is 5. The molecule has 86 valence electrons. The second-order valence-corrected chi connectivity index (χ2v) is 4.71. The van der Waals surface area contributed by atoms with E-state index in [0.717, 1.165) is 13.0 Å². The first kappa shape index (κ1) is 12.3. The smallest absolute Gasteiger partial charge is 0.0172 e. The van der Waals surface area contributed by atoms with Gasteiger partial charge in [0.15, 0.2) is 0 Å². The maximum absolute atomic E-state index is 5.73. The highest BCUT2D eigenvalue weighted by molar-refractivity contribution is 5.21. The first-order valence-electron chi connectivity index (χ1n) is 5.92. The molecule has 0 saturated heterocycles. The summed E-state index contributed by atoms with van der Waals surface area (Å²) < 4.78 is 0. The molecule has 1 aliphatic rings. The Bertz CT molecular complexity index is 251. The molecule has 0 amide bonds. The molecule has 0 aliphatic heterocycles. The molecule has 1 rings (SSSR count). The summed E-state index contributed by atoms with van der Waals surface area (Å²) in [5.41, 5.74) is 8.68. The molecule has 1 atom stereocenters. The van der Waals surface area contributed by atoms with Gasteiger partial charge in [-0.15, -0.1) is 0 Å². The van der Waals surface area contributed by atoms with Crippen molar-refractivity contribution >= 4 is 0 Å². The Balaban J connectivity index is 2.31. The van der Waals surface area contributed by atoms with E-state index in [1.807, 2.05) is 0 Å². The third-order valence-electron chi connectivity index (χ3n) is 2.98. The molecular formula is C13H24N2. The van der Waals surface area contributed by atoms with Crippen molar-refractivity contribution in [2.45, 2.75) is 45.6 Å². The maximum atomic E-state index is 5.73. The van der Waals surface area contributed by atoms with Crippen LogP contribution >= 0.6 is 0 Å². The average molecular weight is 208 g/mol. The van der Waals surface area contributed by atoms with Crippen LogP contribution in [-0.4, -0.2) is 24.5 Å². The van der Waals surface area contributed by atoms with Crippen molar-refractivity contribution in [1.82, 2.24) is 4.90 Å². The zero-order chi connectivity index (χ0) is 11.3. The highest BCUT2D eigenvalue weighted by atomic mass is 15.1. The van der Waals surface area contributed by atoms with Gasteiger partial charge in [-0.1, -0.05) is 11.6 Å². The van der Waals surface area contributed by atoms with E-state index in [9.17, 15) is 0 Å². The van der Waals surface area contributed by atoms with E-state index >= 15 is 0 Å². The van der Waals surface area contributed by atoms with Gasteiger partial charge in [0.25, 0.3) is 0 Å². The quantitative estimate of drug-likeness (QED) is 0.752. The molecule has 0 bridgehead atoms. The van der Waals surface area contributed by atoms with Gasteiger partial charge in [-0.2, -0.15) is 0 Å². The summed E-state index contributed by atoms with van der Waals surface area (Å²) in [6.45, 7) is 5.40. The Morgan fingerprint density at radius 1 is 1.40 bits per heavy atom. The minimum absolute atomic E-state index is 0.334. The molecule has 1 aliphatic carbocycles. The molecule has 0 spiro atoms. The van der Waals surface area contributed by atoms with E-state index in [4.69, 9.17) is 5.73 Å². The van der Waals surface area contributed by atoms with Crippen molar-refractivity contribution in [2.24, 2.45) is 5.73 Å². The van der Waals surface area contributed by atoms with Crippen molar-refractivity contribution in [3.8, 4) is 0 Å². The molecule has 0 aromatic heterocycles. The first-order chi connectivity index (χ1) is 7.09. The van der Waals surface area contributed by atoms with E-state index in [2.05, 4.69) is 37.9 Å². The fraction of sp³-hybridized carbons (Fsp3) is 0.692. The highest BCUT2D eigenvalue weighted by Gasteiger charge is 2.07. The van der Waals surface area contributed by atoms with Crippen LogP contribution in [-0.2, 0) is 0 Å². The van der Waals surface area contributed by atoms with Crippen LogP contribution in [0, 0.1) is 0 Å². The second-order valence-electron chi connectivity index (χ2n) is 4.71. The predicted molar refractivity (Wildman–Crippen MR) is 66.6 cm³/mol. The molecule has 0 aromatic rings. The molecule has 0 aromatic carbocycles. The average Bonchev–Trinajstić information content (AvgIpc) is 2.18. The van der Waals surface area contributed by atoms with E-state index < -0.39 is 0 Å². The first-order valence-corrected chi connectivity index (χ1v) is 5.92. The van der Waals surface area contributed by atoms with Gasteiger partial charge in [-0.25, -0.2) is 0 Å². The van der Waals surface area contributed by atoms with Gasteiger partial charge in [0.05, 0.1) is 0 Å². The monoisotopic (exact) mass is 208 g/mol. The highest BCUT2D eigenvalue weighted by Crippen LogP contribution is 2.20. The van der Waals surface area contributed by atoms with Crippen LogP contribution in [0.15, 0.2) is 23.4 Å². The lowest BCUT2D eigenvalue weighted by atomic mass is 10.0. The van der Waals surface area contributed by atoms with Crippen molar-refractivity contribution < 1.29 is 0 Å². The van der Waals surface area contributed by atoms with Crippen LogP contribution in [0.1, 0.15) is 39.5 Å². The Labute approximate surface area is 93.8 Å². The number of nitrogens with zero attached hydrogens (tertiary/aromatic N) is 1. The van der Waals surface area contributed by atoms with Gasteiger partial charge in [0.2, 0.25) is 0 Å². The molecule has 2 N–H and O–H groups in total. The normalized spacial score (nSPS) is 18.1. The van der Waals surface area contributed by atoms with Crippen molar-refractivity contribution in [3.05, 3.63) is 23.4 Å². The van der Waals surface area contributed by atoms with Crippen LogP contribution in [0.4, 0.5) is 0 Å². The summed E-state index contributed by atoms with van der Waals surface area (Å²) in [6.07, 6.45) is 9.20. The summed E-state index contributed by atoms with van der Waals surface area (Å²) in [6, 6.07) is 0.334. The van der Waals surface area contributed by atoms with Gasteiger partial charge in [0.1, 0.15) is 0 Å². The van der Waals surface area contributed by atoms with Crippen LogP contribution < -0.4 is 5.73 Å². The zero-order valence-corrected chi connectivity index (χ0v) is 10.3. The summed E-state index contributed by atoms with van der Waals surface area (Å²) in [5, 5.41) is 0. The predicted octanol–water partition coefficient (Wildman–Crippen LogP) is 2.67. The Morgan fingerprint density at radius 3 is 2.67 bits per heavy atom. The number of hydrogen-bond acceptors (Lipinski definition) is 2. The van der Waals surface area contributed by atoms with Crippen LogP contribution in [0.3, 0.4) is 0 Å². The molecular weight excluding hydrogens is 184 g/mol. The summed E-state index contributed by atoms with van der Waals surface area (Å²) >= 11 is 0. The molecule has 2 nitrogen and oxygen atoms in total. The summed E-state index contributed by atoms with van der Waals surface area (Å²) in [7, 11) is 2.18. The van der Waals surface area contributed by atoms with Gasteiger partial charge in [-0.05, 0) is 45.6 Å². The largest absolute Gasteiger partial charge is 0.378 e. The molecule has 1 unspecified atom stereocenters. The van der Waals surface area contributed by atoms with E-state index in [0.29, 0.717) is 6.04 Å². The fourth-order valence-electron chi connectivity index (χ4n) is 1.84. The fourth-order valence-corrected chi connectivity index (χ4v) is 1.84. The molecule has 15 heavy (non-hydrogen) atoms. The van der Waals surface area contributed by atoms with Gasteiger partial charge < -0.3 is 10.6 Å². The number of allylic oxidation sites excluding steroid dienone is 4. The Morgan fingerprint density at radius 2 is 2.13 bits per heavy atom. The van der Waals surface area contributed by atoms with Crippen molar-refractivity contribution in [2.75, 3.05) is 13.6 Å². The van der Waals surface area contributed by atoms with E-state index in [-0.39, 0.29) is 0 Å². The Kier molecular flexibility index (Phi) is 4.89. The Hall–Kier alpha value is -0.760. The SMILES string of the molecule is CC1=CC=C(N(C)CCCC(C)N)CC1. The maximum Gasteiger partial charge on any atom is 0.0172 e. The minimum Gasteiger partial charge on any atom is -0.378 e. The second kappa shape index (κ2) is 5.96. The topological polar surface area (TPSA) is 29.3 Å². The lowest BCUT2D eigenvalue weighted by Crippen LogP contribution is -2.22. The minimum atomic E-state index is 0.334. The third kappa shape index (κ3) is 4.52. The molecule has 0 saturated carbocycles. The lowest BCUT2D eigenvalue weighted by molar-refractivity contribution is 0.380. The molecule has 0 heterocycles. The molecule has 2 heteroatoms. The van der Waals surface area contributed by atoms with E-state index in [1.54, 1.807) is 0 Å². The number of nitrogens with two attached hydrogens (primary N) is 1. The van der Waals surface area contributed by atoms with Gasteiger partial charge in [-0.3, -0.25) is 0 Å². The number of hydrogen-bond donors (Lipinski definition) is 1.